The zero-order chi connectivity index (χ0) is 16.4. The third-order valence-corrected chi connectivity index (χ3v) is 4.76. The maximum Gasteiger partial charge on any atom is 0.255 e. The Kier molecular flexibility index (Phi) is 4.66. The van der Waals surface area contributed by atoms with E-state index in [1.165, 1.54) is 0 Å². The van der Waals surface area contributed by atoms with Crippen molar-refractivity contribution in [2.45, 2.75) is 19.9 Å². The van der Waals surface area contributed by atoms with Crippen molar-refractivity contribution in [3.8, 4) is 11.5 Å². The van der Waals surface area contributed by atoms with E-state index in [1.807, 2.05) is 13.8 Å². The Balaban J connectivity index is 1.71. The highest BCUT2D eigenvalue weighted by molar-refractivity contribution is 7.99. The molecule has 6 nitrogen and oxygen atoms in total. The second kappa shape index (κ2) is 6.70. The number of carbonyl (C=O) groups excluding carboxylic acids is 2. The molecule has 0 saturated carbocycles. The highest BCUT2D eigenvalue weighted by Gasteiger charge is 2.35. The molecule has 3 rings (SSSR count). The molecule has 1 aromatic rings. The smallest absolute Gasteiger partial charge is 0.255 e. The van der Waals surface area contributed by atoms with Crippen molar-refractivity contribution in [1.29, 1.82) is 0 Å². The molecule has 1 aromatic carbocycles. The summed E-state index contributed by atoms with van der Waals surface area (Å²) in [6.45, 7) is 4.87. The molecule has 2 aliphatic rings. The molecule has 0 radical (unpaired) electrons. The molecule has 1 saturated heterocycles. The van der Waals surface area contributed by atoms with Crippen LogP contribution in [0.25, 0.3) is 0 Å². The first-order valence-electron chi connectivity index (χ1n) is 7.62. The monoisotopic (exact) mass is 336 g/mol. The van der Waals surface area contributed by atoms with Gasteiger partial charge in [-0.3, -0.25) is 9.59 Å². The summed E-state index contributed by atoms with van der Waals surface area (Å²) >= 11 is 1.59. The fraction of sp³-hybridized carbons (Fsp3) is 0.500. The molecule has 0 aromatic heterocycles. The molecule has 2 aliphatic heterocycles. The molecule has 124 valence electrons. The van der Waals surface area contributed by atoms with Crippen molar-refractivity contribution in [3.05, 3.63) is 23.8 Å². The minimum atomic E-state index is -0.420. The predicted molar refractivity (Wildman–Crippen MR) is 87.7 cm³/mol. The predicted octanol–water partition coefficient (Wildman–Crippen LogP) is 1.70. The van der Waals surface area contributed by atoms with E-state index in [0.717, 1.165) is 0 Å². The minimum absolute atomic E-state index is 0.0854. The number of carbonyl (C=O) groups is 2. The summed E-state index contributed by atoms with van der Waals surface area (Å²) in [6.07, 6.45) is 0. The van der Waals surface area contributed by atoms with E-state index in [0.29, 0.717) is 41.2 Å². The summed E-state index contributed by atoms with van der Waals surface area (Å²) in [5.74, 6) is 2.50. The van der Waals surface area contributed by atoms with Crippen molar-refractivity contribution in [2.24, 2.45) is 5.92 Å². The van der Waals surface area contributed by atoms with Gasteiger partial charge in [0.05, 0.1) is 5.88 Å². The van der Waals surface area contributed by atoms with E-state index in [1.54, 1.807) is 34.9 Å². The summed E-state index contributed by atoms with van der Waals surface area (Å²) in [6, 6.07) is 4.70. The number of amides is 2. The van der Waals surface area contributed by atoms with Gasteiger partial charge in [-0.15, -0.1) is 11.8 Å². The lowest BCUT2D eigenvalue weighted by atomic mass is 10.1. The van der Waals surface area contributed by atoms with E-state index in [2.05, 4.69) is 5.32 Å². The molecular weight excluding hydrogens is 316 g/mol. The maximum atomic E-state index is 12.7. The van der Waals surface area contributed by atoms with E-state index < -0.39 is 6.04 Å². The molecule has 2 amide bonds. The standard InChI is InChI=1S/C16H20N2O4S/c1-10(2)6-17-15(19)12-7-23-8-18(12)16(20)11-3-4-13-14(5-11)22-9-21-13/h3-5,10,12H,6-9H2,1-2H3,(H,17,19)/t12-/m0/s1. The number of hydrogen-bond donors (Lipinski definition) is 1. The lowest BCUT2D eigenvalue weighted by Gasteiger charge is -2.23. The van der Waals surface area contributed by atoms with Crippen LogP contribution in [0, 0.1) is 5.92 Å². The molecule has 23 heavy (non-hydrogen) atoms. The summed E-state index contributed by atoms with van der Waals surface area (Å²) in [7, 11) is 0. The van der Waals surface area contributed by atoms with Gasteiger partial charge in [-0.25, -0.2) is 0 Å². The van der Waals surface area contributed by atoms with Gasteiger partial charge in [0.2, 0.25) is 12.7 Å². The number of benzene rings is 1. The van der Waals surface area contributed by atoms with E-state index in [4.69, 9.17) is 9.47 Å². The SMILES string of the molecule is CC(C)CNC(=O)[C@@H]1CSCN1C(=O)c1ccc2c(c1)OCO2. The maximum absolute atomic E-state index is 12.7. The molecule has 7 heteroatoms. The van der Waals surface area contributed by atoms with Gasteiger partial charge in [0.15, 0.2) is 11.5 Å². The second-order valence-electron chi connectivity index (χ2n) is 6.00. The van der Waals surface area contributed by atoms with E-state index >= 15 is 0 Å². The minimum Gasteiger partial charge on any atom is -0.454 e. The zero-order valence-electron chi connectivity index (χ0n) is 13.2. The molecule has 1 fully saturated rings. The molecule has 2 heterocycles. The number of fused-ring (bicyclic) bond motifs is 1. The Morgan fingerprint density at radius 3 is 2.91 bits per heavy atom. The summed E-state index contributed by atoms with van der Waals surface area (Å²) in [5, 5.41) is 2.91. The number of thioether (sulfide) groups is 1. The number of ether oxygens (including phenoxy) is 2. The van der Waals surface area contributed by atoms with Gasteiger partial charge >= 0.3 is 0 Å². The third kappa shape index (κ3) is 3.39. The van der Waals surface area contributed by atoms with Gasteiger partial charge in [0.25, 0.3) is 5.91 Å². The fourth-order valence-electron chi connectivity index (χ4n) is 2.48. The lowest BCUT2D eigenvalue weighted by molar-refractivity contribution is -0.124. The van der Waals surface area contributed by atoms with Crippen LogP contribution in [-0.4, -0.2) is 47.7 Å². The Labute approximate surface area is 139 Å². The van der Waals surface area contributed by atoms with Crippen molar-refractivity contribution in [2.75, 3.05) is 25.0 Å². The largest absolute Gasteiger partial charge is 0.454 e. The Hall–Kier alpha value is -1.89. The van der Waals surface area contributed by atoms with Gasteiger partial charge in [-0.05, 0) is 24.1 Å². The third-order valence-electron chi connectivity index (χ3n) is 3.75. The Morgan fingerprint density at radius 1 is 1.35 bits per heavy atom. The Bertz CT molecular complexity index is 620. The van der Waals surface area contributed by atoms with Crippen LogP contribution in [-0.2, 0) is 4.79 Å². The van der Waals surface area contributed by atoms with Gasteiger partial charge in [0.1, 0.15) is 6.04 Å². The van der Waals surface area contributed by atoms with Crippen LogP contribution in [0.3, 0.4) is 0 Å². The zero-order valence-corrected chi connectivity index (χ0v) is 14.0. The van der Waals surface area contributed by atoms with E-state index in [9.17, 15) is 9.59 Å². The van der Waals surface area contributed by atoms with Crippen LogP contribution < -0.4 is 14.8 Å². The van der Waals surface area contributed by atoms with Crippen LogP contribution in [0.15, 0.2) is 18.2 Å². The summed E-state index contributed by atoms with van der Waals surface area (Å²) in [4.78, 5) is 26.7. The molecule has 0 unspecified atom stereocenters. The quantitative estimate of drug-likeness (QED) is 0.906. The van der Waals surface area contributed by atoms with Gasteiger partial charge in [0, 0.05) is 17.9 Å². The number of rotatable bonds is 4. The normalized spacial score (nSPS) is 19.3. The highest BCUT2D eigenvalue weighted by Crippen LogP contribution is 2.33. The van der Waals surface area contributed by atoms with Crippen LogP contribution in [0.2, 0.25) is 0 Å². The first kappa shape index (κ1) is 16.0. The number of nitrogens with zero attached hydrogens (tertiary/aromatic N) is 1. The fourth-order valence-corrected chi connectivity index (χ4v) is 3.63. The second-order valence-corrected chi connectivity index (χ2v) is 7.00. The molecule has 0 aliphatic carbocycles. The van der Waals surface area contributed by atoms with Crippen molar-refractivity contribution in [1.82, 2.24) is 10.2 Å². The summed E-state index contributed by atoms with van der Waals surface area (Å²) in [5.41, 5.74) is 0.512. The van der Waals surface area contributed by atoms with Crippen LogP contribution in [0.5, 0.6) is 11.5 Å². The van der Waals surface area contributed by atoms with E-state index in [-0.39, 0.29) is 18.6 Å². The van der Waals surface area contributed by atoms with Gasteiger partial charge < -0.3 is 19.7 Å². The lowest BCUT2D eigenvalue weighted by Crippen LogP contribution is -2.47. The molecule has 0 spiro atoms. The van der Waals surface area contributed by atoms with Crippen LogP contribution in [0.1, 0.15) is 24.2 Å². The highest BCUT2D eigenvalue weighted by atomic mass is 32.2. The summed E-state index contributed by atoms with van der Waals surface area (Å²) < 4.78 is 10.6. The Morgan fingerprint density at radius 2 is 2.13 bits per heavy atom. The number of nitrogens with one attached hydrogen (secondary N) is 1. The van der Waals surface area contributed by atoms with Crippen LogP contribution in [0.4, 0.5) is 0 Å². The number of hydrogen-bond acceptors (Lipinski definition) is 5. The van der Waals surface area contributed by atoms with Crippen LogP contribution >= 0.6 is 11.8 Å². The average molecular weight is 336 g/mol. The molecular formula is C16H20N2O4S. The molecule has 0 bridgehead atoms. The van der Waals surface area contributed by atoms with Crippen molar-refractivity contribution >= 4 is 23.6 Å². The van der Waals surface area contributed by atoms with Crippen molar-refractivity contribution in [3.63, 3.8) is 0 Å². The van der Waals surface area contributed by atoms with Gasteiger partial charge in [-0.2, -0.15) is 0 Å². The topological polar surface area (TPSA) is 67.9 Å². The van der Waals surface area contributed by atoms with Crippen molar-refractivity contribution < 1.29 is 19.1 Å². The first-order chi connectivity index (χ1) is 11.1. The molecule has 1 N–H and O–H groups in total. The first-order valence-corrected chi connectivity index (χ1v) is 8.78. The van der Waals surface area contributed by atoms with Gasteiger partial charge in [-0.1, -0.05) is 13.8 Å². The average Bonchev–Trinajstić information content (AvgIpc) is 3.19. The molecule has 1 atom stereocenters.